The van der Waals surface area contributed by atoms with E-state index < -0.39 is 16.9 Å². The highest BCUT2D eigenvalue weighted by Gasteiger charge is 2.24. The predicted octanol–water partition coefficient (Wildman–Crippen LogP) is 2.87. The Morgan fingerprint density at radius 1 is 1.40 bits per heavy atom. The first-order valence-corrected chi connectivity index (χ1v) is 8.90. The Bertz CT molecular complexity index is 488. The highest BCUT2D eigenvalue weighted by molar-refractivity contribution is 7.85. The first-order valence-electron chi connectivity index (χ1n) is 6.65. The van der Waals surface area contributed by atoms with Crippen molar-refractivity contribution in [3.8, 4) is 0 Å². The first kappa shape index (κ1) is 16.2. The van der Waals surface area contributed by atoms with Crippen molar-refractivity contribution in [2.45, 2.75) is 25.0 Å². The van der Waals surface area contributed by atoms with Crippen molar-refractivity contribution in [2.75, 3.05) is 25.1 Å². The fraction of sp³-hybridized carbons (Fsp3) is 0.571. The molecule has 6 heteroatoms. The Hall–Kier alpha value is -0.130. The van der Waals surface area contributed by atoms with Gasteiger partial charge in [0.2, 0.25) is 0 Å². The van der Waals surface area contributed by atoms with E-state index in [0.717, 1.165) is 24.3 Å². The van der Waals surface area contributed by atoms with Crippen molar-refractivity contribution >= 4 is 34.0 Å². The number of halogens is 2. The van der Waals surface area contributed by atoms with Gasteiger partial charge in [-0.1, -0.05) is 29.3 Å². The number of aliphatic hydroxyl groups is 1. The molecule has 0 spiro atoms. The molecular formula is C14H19Cl2NO2S. The lowest BCUT2D eigenvalue weighted by Crippen LogP contribution is -2.39. The van der Waals surface area contributed by atoms with Crippen LogP contribution in [-0.2, 0) is 10.8 Å². The van der Waals surface area contributed by atoms with Gasteiger partial charge in [0.05, 0.1) is 6.10 Å². The van der Waals surface area contributed by atoms with Gasteiger partial charge in [-0.15, -0.1) is 0 Å². The Morgan fingerprint density at radius 2 is 2.05 bits per heavy atom. The minimum atomic E-state index is -0.657. The van der Waals surface area contributed by atoms with Gasteiger partial charge in [-0.2, -0.15) is 0 Å². The smallest absolute Gasteiger partial charge is 0.0931 e. The summed E-state index contributed by atoms with van der Waals surface area (Å²) < 4.78 is 11.4. The zero-order valence-corrected chi connectivity index (χ0v) is 13.7. The number of nitrogens with zero attached hydrogens (tertiary/aromatic N) is 1. The predicted molar refractivity (Wildman–Crippen MR) is 85.0 cm³/mol. The summed E-state index contributed by atoms with van der Waals surface area (Å²) in [5.74, 6) is 1.51. The van der Waals surface area contributed by atoms with E-state index >= 15 is 0 Å². The molecular weight excluding hydrogens is 317 g/mol. The number of hydrogen-bond acceptors (Lipinski definition) is 3. The Kier molecular flexibility index (Phi) is 5.87. The summed E-state index contributed by atoms with van der Waals surface area (Å²) in [4.78, 5) is 2.13. The maximum Gasteiger partial charge on any atom is 0.0931 e. The zero-order chi connectivity index (χ0) is 14.7. The third kappa shape index (κ3) is 4.18. The van der Waals surface area contributed by atoms with Crippen molar-refractivity contribution in [3.63, 3.8) is 0 Å². The summed E-state index contributed by atoms with van der Waals surface area (Å²) in [5.41, 5.74) is 0.697. The van der Waals surface area contributed by atoms with Crippen LogP contribution in [0.1, 0.15) is 24.5 Å². The molecule has 0 saturated carbocycles. The third-order valence-corrected chi connectivity index (χ3v) is 5.71. The molecule has 1 fully saturated rings. The average molecular weight is 336 g/mol. The Labute approximate surface area is 132 Å². The highest BCUT2D eigenvalue weighted by Crippen LogP contribution is 2.27. The summed E-state index contributed by atoms with van der Waals surface area (Å²) in [6.07, 6.45) is 1.20. The zero-order valence-electron chi connectivity index (χ0n) is 11.4. The van der Waals surface area contributed by atoms with Crippen LogP contribution in [0.2, 0.25) is 10.0 Å². The van der Waals surface area contributed by atoms with Crippen LogP contribution in [0.4, 0.5) is 0 Å². The van der Waals surface area contributed by atoms with Gasteiger partial charge in [0.1, 0.15) is 0 Å². The van der Waals surface area contributed by atoms with Gasteiger partial charge in [-0.25, -0.2) is 0 Å². The van der Waals surface area contributed by atoms with E-state index in [1.165, 1.54) is 0 Å². The van der Waals surface area contributed by atoms with Crippen LogP contribution in [0.25, 0.3) is 0 Å². The number of likely N-dealkylation sites (N-methyl/N-ethyl adjacent to an activating group) is 1. The van der Waals surface area contributed by atoms with Gasteiger partial charge in [-0.05, 0) is 32.0 Å². The molecule has 2 rings (SSSR count). The van der Waals surface area contributed by atoms with Crippen LogP contribution >= 0.6 is 23.2 Å². The fourth-order valence-electron chi connectivity index (χ4n) is 2.51. The van der Waals surface area contributed by atoms with Crippen LogP contribution in [0.3, 0.4) is 0 Å². The topological polar surface area (TPSA) is 40.5 Å². The molecule has 0 radical (unpaired) electrons. The molecule has 1 unspecified atom stereocenters. The number of hydrogen-bond donors (Lipinski definition) is 1. The minimum absolute atomic E-state index is 0.383. The molecule has 112 valence electrons. The van der Waals surface area contributed by atoms with Gasteiger partial charge in [0, 0.05) is 50.5 Å². The largest absolute Gasteiger partial charge is 0.387 e. The molecule has 0 amide bonds. The second-order valence-corrected chi connectivity index (χ2v) is 7.74. The maximum atomic E-state index is 11.4. The van der Waals surface area contributed by atoms with Crippen molar-refractivity contribution < 1.29 is 9.32 Å². The lowest BCUT2D eigenvalue weighted by Gasteiger charge is -2.32. The van der Waals surface area contributed by atoms with E-state index in [9.17, 15) is 9.32 Å². The third-order valence-electron chi connectivity index (χ3n) is 3.76. The monoisotopic (exact) mass is 335 g/mol. The molecule has 1 N–H and O–H groups in total. The van der Waals surface area contributed by atoms with Gasteiger partial charge >= 0.3 is 0 Å². The molecule has 0 aromatic heterocycles. The lowest BCUT2D eigenvalue weighted by atomic mass is 10.1. The second kappa shape index (κ2) is 7.23. The molecule has 3 nitrogen and oxygen atoms in total. The molecule has 20 heavy (non-hydrogen) atoms. The van der Waals surface area contributed by atoms with Crippen molar-refractivity contribution in [2.24, 2.45) is 0 Å². The summed E-state index contributed by atoms with van der Waals surface area (Å²) in [5, 5.41) is 11.4. The molecule has 1 aromatic rings. The average Bonchev–Trinajstić information content (AvgIpc) is 2.39. The van der Waals surface area contributed by atoms with Crippen molar-refractivity contribution in [3.05, 3.63) is 33.8 Å². The molecule has 1 aromatic carbocycles. The first-order chi connectivity index (χ1) is 9.47. The molecule has 0 bridgehead atoms. The van der Waals surface area contributed by atoms with Crippen molar-refractivity contribution in [1.82, 2.24) is 4.90 Å². The minimum Gasteiger partial charge on any atom is -0.387 e. The van der Waals surface area contributed by atoms with E-state index in [4.69, 9.17) is 23.2 Å². The van der Waals surface area contributed by atoms with Gasteiger partial charge < -0.3 is 10.0 Å². The molecule has 1 aliphatic heterocycles. The van der Waals surface area contributed by atoms with E-state index in [0.29, 0.717) is 28.2 Å². The summed E-state index contributed by atoms with van der Waals surface area (Å²) in [6, 6.07) is 5.52. The molecule has 1 atom stereocenters. The van der Waals surface area contributed by atoms with E-state index in [-0.39, 0.29) is 0 Å². The summed E-state index contributed by atoms with van der Waals surface area (Å²) >= 11 is 12.0. The molecule has 1 heterocycles. The lowest BCUT2D eigenvalue weighted by molar-refractivity contribution is 0.101. The van der Waals surface area contributed by atoms with Crippen LogP contribution in [0.15, 0.2) is 18.2 Å². The SMILES string of the molecule is CN(CC(O)c1ccc(Cl)cc1Cl)C1CCS(=O)CC1. The number of rotatable bonds is 4. The van der Waals surface area contributed by atoms with E-state index in [1.807, 2.05) is 7.05 Å². The Balaban J connectivity index is 1.96. The quantitative estimate of drug-likeness (QED) is 0.919. The second-order valence-electron chi connectivity index (χ2n) is 5.20. The maximum absolute atomic E-state index is 11.4. The Morgan fingerprint density at radius 3 is 2.65 bits per heavy atom. The summed E-state index contributed by atoms with van der Waals surface area (Å²) in [6.45, 7) is 0.513. The highest BCUT2D eigenvalue weighted by atomic mass is 35.5. The normalized spacial score (nSPS) is 24.9. The summed E-state index contributed by atoms with van der Waals surface area (Å²) in [7, 11) is 1.33. The van der Waals surface area contributed by atoms with Gasteiger partial charge in [-0.3, -0.25) is 4.21 Å². The van der Waals surface area contributed by atoms with Crippen LogP contribution < -0.4 is 0 Å². The van der Waals surface area contributed by atoms with Gasteiger partial charge in [0.15, 0.2) is 0 Å². The molecule has 0 aliphatic carbocycles. The molecule has 1 aliphatic rings. The van der Waals surface area contributed by atoms with Crippen LogP contribution in [-0.4, -0.2) is 45.4 Å². The van der Waals surface area contributed by atoms with Crippen LogP contribution in [0.5, 0.6) is 0 Å². The van der Waals surface area contributed by atoms with E-state index in [1.54, 1.807) is 18.2 Å². The number of aliphatic hydroxyl groups excluding tert-OH is 1. The molecule has 1 saturated heterocycles. The van der Waals surface area contributed by atoms with Crippen molar-refractivity contribution in [1.29, 1.82) is 0 Å². The number of benzene rings is 1. The standard InChI is InChI=1S/C14H19Cl2NO2S/c1-17(11-4-6-20(19)7-5-11)9-14(18)12-3-2-10(15)8-13(12)16/h2-3,8,11,14,18H,4-7,9H2,1H3. The van der Waals surface area contributed by atoms with Crippen LogP contribution in [0, 0.1) is 0 Å². The van der Waals surface area contributed by atoms with Gasteiger partial charge in [0.25, 0.3) is 0 Å². The van der Waals surface area contributed by atoms with E-state index in [2.05, 4.69) is 4.90 Å². The fourth-order valence-corrected chi connectivity index (χ4v) is 4.32.